The highest BCUT2D eigenvalue weighted by molar-refractivity contribution is 4.86. The predicted molar refractivity (Wildman–Crippen MR) is 61.8 cm³/mol. The molecule has 1 aliphatic rings. The maximum absolute atomic E-state index is 10.1. The number of hydrogen-bond donors (Lipinski definition) is 3. The Labute approximate surface area is 92.9 Å². The standard InChI is InChI=1S/C12H25NO2/c1-2-11(5-8-14)9-13-10-12(15)6-3-4-7-12/h11,13-15H,2-10H2,1H3. The molecule has 0 aromatic heterocycles. The highest BCUT2D eigenvalue weighted by Gasteiger charge is 2.30. The first-order valence-corrected chi connectivity index (χ1v) is 6.24. The summed E-state index contributed by atoms with van der Waals surface area (Å²) >= 11 is 0. The van der Waals surface area contributed by atoms with Crippen molar-refractivity contribution in [2.24, 2.45) is 5.92 Å². The molecular formula is C12H25NO2. The largest absolute Gasteiger partial charge is 0.396 e. The summed E-state index contributed by atoms with van der Waals surface area (Å²) in [4.78, 5) is 0. The lowest BCUT2D eigenvalue weighted by Gasteiger charge is -2.24. The van der Waals surface area contributed by atoms with Crippen LogP contribution >= 0.6 is 0 Å². The number of hydrogen-bond acceptors (Lipinski definition) is 3. The van der Waals surface area contributed by atoms with Crippen LogP contribution in [0.15, 0.2) is 0 Å². The Kier molecular flexibility index (Phi) is 5.58. The van der Waals surface area contributed by atoms with E-state index in [0.717, 1.165) is 51.6 Å². The summed E-state index contributed by atoms with van der Waals surface area (Å²) in [5.74, 6) is 0.542. The van der Waals surface area contributed by atoms with Gasteiger partial charge in [-0.2, -0.15) is 0 Å². The Morgan fingerprint density at radius 2 is 2.00 bits per heavy atom. The molecule has 0 aromatic rings. The second-order valence-electron chi connectivity index (χ2n) is 4.85. The lowest BCUT2D eigenvalue weighted by atomic mass is 10.0. The van der Waals surface area contributed by atoms with Crippen LogP contribution in [0.25, 0.3) is 0 Å². The Morgan fingerprint density at radius 3 is 2.53 bits per heavy atom. The summed E-state index contributed by atoms with van der Waals surface area (Å²) < 4.78 is 0. The van der Waals surface area contributed by atoms with Gasteiger partial charge in [-0.25, -0.2) is 0 Å². The van der Waals surface area contributed by atoms with E-state index >= 15 is 0 Å². The molecule has 0 aliphatic heterocycles. The zero-order valence-electron chi connectivity index (χ0n) is 9.84. The third-order valence-electron chi connectivity index (χ3n) is 3.54. The smallest absolute Gasteiger partial charge is 0.0771 e. The minimum Gasteiger partial charge on any atom is -0.396 e. The molecule has 1 unspecified atom stereocenters. The minimum atomic E-state index is -0.447. The van der Waals surface area contributed by atoms with E-state index in [9.17, 15) is 5.11 Å². The highest BCUT2D eigenvalue weighted by atomic mass is 16.3. The predicted octanol–water partition coefficient (Wildman–Crippen LogP) is 1.29. The van der Waals surface area contributed by atoms with Crippen LogP contribution in [0.3, 0.4) is 0 Å². The topological polar surface area (TPSA) is 52.5 Å². The third kappa shape index (κ3) is 4.49. The Balaban J connectivity index is 2.13. The minimum absolute atomic E-state index is 0.268. The Hall–Kier alpha value is -0.120. The Bertz CT molecular complexity index is 167. The average Bonchev–Trinajstić information content (AvgIpc) is 2.64. The molecule has 0 aromatic carbocycles. The fraction of sp³-hybridized carbons (Fsp3) is 1.00. The lowest BCUT2D eigenvalue weighted by molar-refractivity contribution is 0.0466. The van der Waals surface area contributed by atoms with Gasteiger partial charge < -0.3 is 15.5 Å². The molecule has 1 aliphatic carbocycles. The fourth-order valence-corrected chi connectivity index (χ4v) is 2.35. The fourth-order valence-electron chi connectivity index (χ4n) is 2.35. The van der Waals surface area contributed by atoms with E-state index in [2.05, 4.69) is 12.2 Å². The molecule has 3 nitrogen and oxygen atoms in total. The SMILES string of the molecule is CCC(CCO)CNCC1(O)CCCC1. The van der Waals surface area contributed by atoms with Crippen LogP contribution in [0.1, 0.15) is 45.4 Å². The van der Waals surface area contributed by atoms with Gasteiger partial charge >= 0.3 is 0 Å². The van der Waals surface area contributed by atoms with Crippen LogP contribution in [0.5, 0.6) is 0 Å². The molecule has 1 fully saturated rings. The van der Waals surface area contributed by atoms with E-state index < -0.39 is 5.60 Å². The van der Waals surface area contributed by atoms with Crippen molar-refractivity contribution in [2.75, 3.05) is 19.7 Å². The van der Waals surface area contributed by atoms with Gasteiger partial charge in [-0.05, 0) is 31.7 Å². The molecule has 0 spiro atoms. The number of aliphatic hydroxyl groups excluding tert-OH is 1. The average molecular weight is 215 g/mol. The van der Waals surface area contributed by atoms with Gasteiger partial charge in [0.25, 0.3) is 0 Å². The van der Waals surface area contributed by atoms with E-state index in [4.69, 9.17) is 5.11 Å². The number of rotatable bonds is 7. The summed E-state index contributed by atoms with van der Waals surface area (Å²) in [5.41, 5.74) is -0.447. The van der Waals surface area contributed by atoms with Gasteiger partial charge in [0, 0.05) is 13.2 Å². The van der Waals surface area contributed by atoms with Crippen molar-refractivity contribution in [3.05, 3.63) is 0 Å². The quantitative estimate of drug-likeness (QED) is 0.600. The lowest BCUT2D eigenvalue weighted by Crippen LogP contribution is -2.39. The van der Waals surface area contributed by atoms with Crippen LogP contribution in [-0.2, 0) is 0 Å². The molecule has 3 heteroatoms. The Morgan fingerprint density at radius 1 is 1.33 bits per heavy atom. The van der Waals surface area contributed by atoms with E-state index in [-0.39, 0.29) is 6.61 Å². The van der Waals surface area contributed by atoms with E-state index in [0.29, 0.717) is 5.92 Å². The van der Waals surface area contributed by atoms with E-state index in [1.54, 1.807) is 0 Å². The van der Waals surface area contributed by atoms with Crippen molar-refractivity contribution < 1.29 is 10.2 Å². The second-order valence-corrected chi connectivity index (χ2v) is 4.85. The molecule has 3 N–H and O–H groups in total. The van der Waals surface area contributed by atoms with Crippen LogP contribution in [0, 0.1) is 5.92 Å². The van der Waals surface area contributed by atoms with E-state index in [1.807, 2.05) is 0 Å². The van der Waals surface area contributed by atoms with Crippen molar-refractivity contribution in [1.82, 2.24) is 5.32 Å². The van der Waals surface area contributed by atoms with Crippen molar-refractivity contribution in [3.8, 4) is 0 Å². The van der Waals surface area contributed by atoms with Crippen LogP contribution in [-0.4, -0.2) is 35.5 Å². The molecule has 90 valence electrons. The van der Waals surface area contributed by atoms with Crippen LogP contribution in [0.2, 0.25) is 0 Å². The molecule has 0 radical (unpaired) electrons. The van der Waals surface area contributed by atoms with Gasteiger partial charge in [-0.15, -0.1) is 0 Å². The van der Waals surface area contributed by atoms with Crippen molar-refractivity contribution in [1.29, 1.82) is 0 Å². The first-order valence-electron chi connectivity index (χ1n) is 6.24. The van der Waals surface area contributed by atoms with Gasteiger partial charge in [-0.1, -0.05) is 26.2 Å². The summed E-state index contributed by atoms with van der Waals surface area (Å²) in [6, 6.07) is 0. The van der Waals surface area contributed by atoms with E-state index in [1.165, 1.54) is 0 Å². The van der Waals surface area contributed by atoms with Crippen LogP contribution < -0.4 is 5.32 Å². The molecule has 0 heterocycles. The van der Waals surface area contributed by atoms with Crippen molar-refractivity contribution in [2.45, 2.75) is 51.0 Å². The molecular weight excluding hydrogens is 190 g/mol. The summed E-state index contributed by atoms with van der Waals surface area (Å²) in [7, 11) is 0. The molecule has 0 amide bonds. The second kappa shape index (κ2) is 6.46. The van der Waals surface area contributed by atoms with Gasteiger partial charge in [0.1, 0.15) is 0 Å². The van der Waals surface area contributed by atoms with Crippen molar-refractivity contribution in [3.63, 3.8) is 0 Å². The molecule has 15 heavy (non-hydrogen) atoms. The van der Waals surface area contributed by atoms with Gasteiger partial charge in [0.05, 0.1) is 5.60 Å². The zero-order valence-corrected chi connectivity index (χ0v) is 9.84. The summed E-state index contributed by atoms with van der Waals surface area (Å²) in [6.45, 7) is 4.05. The summed E-state index contributed by atoms with van der Waals surface area (Å²) in [6.07, 6.45) is 6.15. The molecule has 0 saturated heterocycles. The molecule has 0 bridgehead atoms. The maximum Gasteiger partial charge on any atom is 0.0771 e. The maximum atomic E-state index is 10.1. The van der Waals surface area contributed by atoms with Gasteiger partial charge in [0.2, 0.25) is 0 Å². The highest BCUT2D eigenvalue weighted by Crippen LogP contribution is 2.28. The normalized spacial score (nSPS) is 21.8. The van der Waals surface area contributed by atoms with Gasteiger partial charge in [-0.3, -0.25) is 0 Å². The third-order valence-corrected chi connectivity index (χ3v) is 3.54. The zero-order chi connectivity index (χ0) is 11.1. The monoisotopic (exact) mass is 215 g/mol. The van der Waals surface area contributed by atoms with Crippen LogP contribution in [0.4, 0.5) is 0 Å². The number of aliphatic hydroxyl groups is 2. The van der Waals surface area contributed by atoms with Crippen molar-refractivity contribution >= 4 is 0 Å². The van der Waals surface area contributed by atoms with Gasteiger partial charge in [0.15, 0.2) is 0 Å². The number of nitrogens with one attached hydrogen (secondary N) is 1. The molecule has 1 saturated carbocycles. The molecule has 1 rings (SSSR count). The first kappa shape index (κ1) is 12.9. The molecule has 1 atom stereocenters. The first-order chi connectivity index (χ1) is 7.20. The summed E-state index contributed by atoms with van der Waals surface area (Å²) in [5, 5.41) is 22.3.